The van der Waals surface area contributed by atoms with Gasteiger partial charge >= 0.3 is 0 Å². The monoisotopic (exact) mass is 219 g/mol. The van der Waals surface area contributed by atoms with E-state index in [9.17, 15) is 0 Å². The van der Waals surface area contributed by atoms with E-state index < -0.39 is 0 Å². The van der Waals surface area contributed by atoms with E-state index in [0.717, 1.165) is 24.5 Å². The summed E-state index contributed by atoms with van der Waals surface area (Å²) in [6, 6.07) is 0. The number of anilines is 1. The third-order valence-electron chi connectivity index (χ3n) is 3.01. The number of hydrogen-bond acceptors (Lipinski definition) is 5. The molecular formula is C10H13N5O. The van der Waals surface area contributed by atoms with E-state index in [2.05, 4.69) is 20.0 Å². The van der Waals surface area contributed by atoms with Gasteiger partial charge in [-0.05, 0) is 13.3 Å². The average molecular weight is 219 g/mol. The van der Waals surface area contributed by atoms with E-state index in [4.69, 9.17) is 5.11 Å². The molecule has 0 aliphatic carbocycles. The van der Waals surface area contributed by atoms with E-state index in [1.165, 1.54) is 11.9 Å². The van der Waals surface area contributed by atoms with Gasteiger partial charge in [-0.3, -0.25) is 0 Å². The zero-order valence-electron chi connectivity index (χ0n) is 9.09. The summed E-state index contributed by atoms with van der Waals surface area (Å²) < 4.78 is 1.75. The zero-order chi connectivity index (χ0) is 11.1. The third kappa shape index (κ3) is 1.19. The van der Waals surface area contributed by atoms with Crippen molar-refractivity contribution in [3.05, 3.63) is 17.6 Å². The van der Waals surface area contributed by atoms with Gasteiger partial charge in [-0.25, -0.2) is 4.98 Å². The third-order valence-corrected chi connectivity index (χ3v) is 3.01. The van der Waals surface area contributed by atoms with Gasteiger partial charge in [-0.2, -0.15) is 14.6 Å². The second-order valence-electron chi connectivity index (χ2n) is 3.93. The van der Waals surface area contributed by atoms with Crippen LogP contribution in [0.5, 0.6) is 0 Å². The molecule has 6 nitrogen and oxygen atoms in total. The molecule has 2 aromatic rings. The van der Waals surface area contributed by atoms with E-state index >= 15 is 0 Å². The second-order valence-corrected chi connectivity index (χ2v) is 3.93. The van der Waals surface area contributed by atoms with Crippen LogP contribution in [0.15, 0.2) is 6.33 Å². The molecule has 0 radical (unpaired) electrons. The maximum Gasteiger partial charge on any atom is 0.254 e. The quantitative estimate of drug-likeness (QED) is 0.757. The molecule has 2 aromatic heterocycles. The first-order valence-electron chi connectivity index (χ1n) is 5.36. The van der Waals surface area contributed by atoms with Crippen LogP contribution in [-0.2, 0) is 6.42 Å². The van der Waals surface area contributed by atoms with Crippen molar-refractivity contribution in [2.75, 3.05) is 24.6 Å². The first-order chi connectivity index (χ1) is 7.81. The van der Waals surface area contributed by atoms with Crippen LogP contribution < -0.4 is 4.90 Å². The Bertz CT molecular complexity index is 535. The predicted octanol–water partition coefficient (Wildman–Crippen LogP) is -0.212. The van der Waals surface area contributed by atoms with E-state index in [-0.39, 0.29) is 6.61 Å². The van der Waals surface area contributed by atoms with Crippen molar-refractivity contribution < 1.29 is 5.11 Å². The highest BCUT2D eigenvalue weighted by atomic mass is 16.3. The first-order valence-corrected chi connectivity index (χ1v) is 5.36. The van der Waals surface area contributed by atoms with Crippen molar-refractivity contribution in [2.45, 2.75) is 13.3 Å². The Balaban J connectivity index is 2.24. The summed E-state index contributed by atoms with van der Waals surface area (Å²) in [6.07, 6.45) is 2.47. The van der Waals surface area contributed by atoms with Crippen molar-refractivity contribution in [2.24, 2.45) is 0 Å². The highest BCUT2D eigenvalue weighted by Crippen LogP contribution is 2.29. The molecule has 0 spiro atoms. The molecule has 1 aliphatic rings. The number of rotatable bonds is 2. The maximum absolute atomic E-state index is 9.04. The first kappa shape index (κ1) is 9.53. The number of aliphatic hydroxyl groups is 1. The fraction of sp³-hybridized carbons (Fsp3) is 0.500. The van der Waals surface area contributed by atoms with Gasteiger partial charge in [0, 0.05) is 24.3 Å². The molecule has 16 heavy (non-hydrogen) atoms. The predicted molar refractivity (Wildman–Crippen MR) is 58.5 cm³/mol. The molecule has 1 N–H and O–H groups in total. The molecule has 0 atom stereocenters. The standard InChI is InChI=1S/C10H13N5O/c1-7-8-2-3-14(4-5-16)9(8)15-10(13-7)11-6-12-15/h6,16H,2-5H2,1H3. The van der Waals surface area contributed by atoms with Crippen LogP contribution >= 0.6 is 0 Å². The largest absolute Gasteiger partial charge is 0.395 e. The zero-order valence-corrected chi connectivity index (χ0v) is 9.09. The smallest absolute Gasteiger partial charge is 0.254 e. The van der Waals surface area contributed by atoms with Crippen LogP contribution in [0.3, 0.4) is 0 Å². The highest BCUT2D eigenvalue weighted by Gasteiger charge is 2.25. The summed E-state index contributed by atoms with van der Waals surface area (Å²) in [7, 11) is 0. The molecule has 0 amide bonds. The molecule has 0 saturated heterocycles. The maximum atomic E-state index is 9.04. The molecule has 0 saturated carbocycles. The number of aromatic nitrogens is 4. The molecule has 1 aliphatic heterocycles. The van der Waals surface area contributed by atoms with Gasteiger partial charge in [-0.1, -0.05) is 0 Å². The van der Waals surface area contributed by atoms with Crippen LogP contribution in [0.1, 0.15) is 11.3 Å². The van der Waals surface area contributed by atoms with Crippen molar-refractivity contribution in [1.82, 2.24) is 19.6 Å². The minimum absolute atomic E-state index is 0.150. The summed E-state index contributed by atoms with van der Waals surface area (Å²) >= 11 is 0. The van der Waals surface area contributed by atoms with Crippen LogP contribution in [0.4, 0.5) is 5.82 Å². The Kier molecular flexibility index (Phi) is 2.03. The molecule has 3 heterocycles. The van der Waals surface area contributed by atoms with Gasteiger partial charge in [0.2, 0.25) is 0 Å². The Morgan fingerprint density at radius 3 is 3.19 bits per heavy atom. The van der Waals surface area contributed by atoms with Gasteiger partial charge in [-0.15, -0.1) is 0 Å². The summed E-state index contributed by atoms with van der Waals surface area (Å²) in [6.45, 7) is 3.69. The molecule has 0 unspecified atom stereocenters. The van der Waals surface area contributed by atoms with Gasteiger partial charge in [0.25, 0.3) is 5.78 Å². The van der Waals surface area contributed by atoms with Crippen molar-refractivity contribution in [3.63, 3.8) is 0 Å². The lowest BCUT2D eigenvalue weighted by molar-refractivity contribution is 0.302. The number of β-amino-alcohol motifs (C(OH)–C–C–N with tert-alkyl or cyclic N) is 1. The van der Waals surface area contributed by atoms with Gasteiger partial charge < -0.3 is 10.0 Å². The molecule has 0 bridgehead atoms. The van der Waals surface area contributed by atoms with E-state index in [1.54, 1.807) is 4.52 Å². The van der Waals surface area contributed by atoms with Gasteiger partial charge in [0.1, 0.15) is 12.1 Å². The van der Waals surface area contributed by atoms with Crippen molar-refractivity contribution in [1.29, 1.82) is 0 Å². The van der Waals surface area contributed by atoms with E-state index in [1.807, 2.05) is 6.92 Å². The minimum Gasteiger partial charge on any atom is -0.395 e. The van der Waals surface area contributed by atoms with Gasteiger partial charge in [0.15, 0.2) is 0 Å². The Morgan fingerprint density at radius 1 is 1.50 bits per heavy atom. The SMILES string of the molecule is Cc1nc2ncnn2c2c1CCN2CCO. The number of fused-ring (bicyclic) bond motifs is 3. The van der Waals surface area contributed by atoms with Crippen LogP contribution in [-0.4, -0.2) is 44.4 Å². The summed E-state index contributed by atoms with van der Waals surface area (Å²) in [5.74, 6) is 1.66. The topological polar surface area (TPSA) is 66.5 Å². The lowest BCUT2D eigenvalue weighted by atomic mass is 10.2. The summed E-state index contributed by atoms with van der Waals surface area (Å²) in [4.78, 5) is 10.6. The fourth-order valence-corrected chi connectivity index (χ4v) is 2.28. The molecular weight excluding hydrogens is 206 g/mol. The second kappa shape index (κ2) is 3.41. The van der Waals surface area contributed by atoms with Crippen LogP contribution in [0.25, 0.3) is 5.78 Å². The van der Waals surface area contributed by atoms with Gasteiger partial charge in [0.05, 0.1) is 6.61 Å². The molecule has 6 heteroatoms. The summed E-state index contributed by atoms with van der Waals surface area (Å²) in [5, 5.41) is 13.2. The molecule has 0 fully saturated rings. The number of hydrogen-bond donors (Lipinski definition) is 1. The molecule has 84 valence electrons. The number of aliphatic hydroxyl groups excluding tert-OH is 1. The van der Waals surface area contributed by atoms with Crippen molar-refractivity contribution in [3.8, 4) is 0 Å². The number of nitrogens with zero attached hydrogens (tertiary/aromatic N) is 5. The Morgan fingerprint density at radius 2 is 2.38 bits per heavy atom. The Hall–Kier alpha value is -1.69. The average Bonchev–Trinajstić information content (AvgIpc) is 2.84. The number of aryl methyl sites for hydroxylation is 1. The summed E-state index contributed by atoms with van der Waals surface area (Å²) in [5.41, 5.74) is 2.22. The fourth-order valence-electron chi connectivity index (χ4n) is 2.28. The minimum atomic E-state index is 0.150. The van der Waals surface area contributed by atoms with Crippen LogP contribution in [0, 0.1) is 6.92 Å². The van der Waals surface area contributed by atoms with Crippen LogP contribution in [0.2, 0.25) is 0 Å². The van der Waals surface area contributed by atoms with Crippen molar-refractivity contribution >= 4 is 11.6 Å². The lowest BCUT2D eigenvalue weighted by Gasteiger charge is -2.18. The Labute approximate surface area is 92.5 Å². The molecule has 3 rings (SSSR count). The lowest BCUT2D eigenvalue weighted by Crippen LogP contribution is -2.26. The van der Waals surface area contributed by atoms with E-state index in [0.29, 0.717) is 12.3 Å². The highest BCUT2D eigenvalue weighted by molar-refractivity contribution is 5.58. The molecule has 0 aromatic carbocycles. The normalized spacial score (nSPS) is 14.8.